The van der Waals surface area contributed by atoms with Gasteiger partial charge in [-0.2, -0.15) is 0 Å². The summed E-state index contributed by atoms with van der Waals surface area (Å²) in [5.41, 5.74) is 5.98. The third kappa shape index (κ3) is 3.71. The van der Waals surface area contributed by atoms with Crippen molar-refractivity contribution in [2.24, 2.45) is 0 Å². The number of aromatic nitrogens is 4. The van der Waals surface area contributed by atoms with Gasteiger partial charge in [0.15, 0.2) is 0 Å². The minimum atomic E-state index is 0.231. The first-order chi connectivity index (χ1) is 14.7. The topological polar surface area (TPSA) is 75.9 Å². The van der Waals surface area contributed by atoms with Crippen LogP contribution in [0.1, 0.15) is 5.56 Å². The maximum atomic E-state index is 9.46. The number of hydrogen-bond donors (Lipinski definition) is 2. The average molecular weight is 393 g/mol. The van der Waals surface area contributed by atoms with Gasteiger partial charge in [0.25, 0.3) is 0 Å². The number of nitrogens with zero attached hydrogens (tertiary/aromatic N) is 4. The average Bonchev–Trinajstić information content (AvgIpc) is 3.19. The second-order valence-electron chi connectivity index (χ2n) is 7.02. The van der Waals surface area contributed by atoms with Gasteiger partial charge in [0.2, 0.25) is 0 Å². The first kappa shape index (κ1) is 17.9. The smallest absolute Gasteiger partial charge is 0.134 e. The van der Waals surface area contributed by atoms with Gasteiger partial charge in [-0.05, 0) is 54.1 Å². The molecule has 0 spiro atoms. The molecule has 2 aromatic heterocycles. The van der Waals surface area contributed by atoms with E-state index in [2.05, 4.69) is 43.0 Å². The molecule has 2 N–H and O–H groups in total. The third-order valence-electron chi connectivity index (χ3n) is 4.94. The molecule has 2 heterocycles. The Kier molecular flexibility index (Phi) is 4.57. The van der Waals surface area contributed by atoms with Crippen molar-refractivity contribution < 1.29 is 5.11 Å². The molecule has 3 aromatic carbocycles. The molecule has 0 bridgehead atoms. The van der Waals surface area contributed by atoms with E-state index >= 15 is 0 Å². The Morgan fingerprint density at radius 2 is 1.63 bits per heavy atom. The van der Waals surface area contributed by atoms with Crippen LogP contribution in [0.15, 0.2) is 91.5 Å². The lowest BCUT2D eigenvalue weighted by Gasteiger charge is -2.09. The van der Waals surface area contributed by atoms with E-state index in [9.17, 15) is 5.11 Å². The highest BCUT2D eigenvalue weighted by molar-refractivity contribution is 5.75. The third-order valence-corrected chi connectivity index (χ3v) is 4.94. The van der Waals surface area contributed by atoms with E-state index in [0.717, 1.165) is 34.5 Å². The zero-order valence-electron chi connectivity index (χ0n) is 16.1. The van der Waals surface area contributed by atoms with E-state index < -0.39 is 0 Å². The van der Waals surface area contributed by atoms with Crippen molar-refractivity contribution in [2.45, 2.75) is 6.54 Å². The van der Waals surface area contributed by atoms with Gasteiger partial charge in [0.05, 0.1) is 23.1 Å². The van der Waals surface area contributed by atoms with Crippen LogP contribution < -0.4 is 5.32 Å². The molecule has 6 heteroatoms. The zero-order valence-corrected chi connectivity index (χ0v) is 16.1. The molecule has 0 unspecified atom stereocenters. The Balaban J connectivity index is 1.31. The predicted octanol–water partition coefficient (Wildman–Crippen LogP) is 4.99. The summed E-state index contributed by atoms with van der Waals surface area (Å²) >= 11 is 0. The number of imidazole rings is 1. The van der Waals surface area contributed by atoms with Crippen molar-refractivity contribution in [1.82, 2.24) is 19.5 Å². The lowest BCUT2D eigenvalue weighted by molar-refractivity contribution is 0.475. The zero-order chi connectivity index (χ0) is 20.3. The minimum Gasteiger partial charge on any atom is -0.508 e. The maximum Gasteiger partial charge on any atom is 0.134 e. The number of phenols is 1. The number of rotatable bonds is 5. The second-order valence-corrected chi connectivity index (χ2v) is 7.02. The van der Waals surface area contributed by atoms with Crippen LogP contribution in [0.4, 0.5) is 11.5 Å². The summed E-state index contributed by atoms with van der Waals surface area (Å²) in [6.45, 7) is 0.763. The Bertz CT molecular complexity index is 1290. The highest BCUT2D eigenvalue weighted by Crippen LogP contribution is 2.23. The fourth-order valence-corrected chi connectivity index (χ4v) is 3.39. The van der Waals surface area contributed by atoms with E-state index in [0.29, 0.717) is 5.82 Å². The molecule has 0 amide bonds. The van der Waals surface area contributed by atoms with Crippen LogP contribution in [0, 0.1) is 0 Å². The van der Waals surface area contributed by atoms with Gasteiger partial charge >= 0.3 is 0 Å². The molecule has 5 aromatic rings. The molecule has 0 aliphatic carbocycles. The van der Waals surface area contributed by atoms with Crippen LogP contribution in [0.3, 0.4) is 0 Å². The summed E-state index contributed by atoms with van der Waals surface area (Å²) in [7, 11) is 0. The van der Waals surface area contributed by atoms with Gasteiger partial charge in [0, 0.05) is 23.9 Å². The molecule has 0 aliphatic rings. The van der Waals surface area contributed by atoms with Crippen molar-refractivity contribution in [3.05, 3.63) is 97.1 Å². The van der Waals surface area contributed by atoms with E-state index in [1.165, 1.54) is 11.9 Å². The first-order valence-electron chi connectivity index (χ1n) is 9.62. The van der Waals surface area contributed by atoms with Gasteiger partial charge in [0.1, 0.15) is 17.9 Å². The molecule has 0 aliphatic heterocycles. The normalized spacial score (nSPS) is 10.9. The standard InChI is InChI=1S/C24H19N5O/c30-20-11-7-18(8-12-20)22-13-24(26-15-25-22)28-19-9-5-17(6-10-19)14-29-16-27-21-3-1-2-4-23(21)29/h1-13,15-16,30H,14H2,(H,25,26,28). The molecular formula is C24H19N5O. The molecule has 5 rings (SSSR count). The fraction of sp³-hybridized carbons (Fsp3) is 0.0417. The minimum absolute atomic E-state index is 0.231. The Labute approximate surface area is 173 Å². The molecule has 0 radical (unpaired) electrons. The van der Waals surface area contributed by atoms with Crippen molar-refractivity contribution in [1.29, 1.82) is 0 Å². The van der Waals surface area contributed by atoms with E-state index in [1.54, 1.807) is 12.1 Å². The molecule has 0 saturated heterocycles. The van der Waals surface area contributed by atoms with Gasteiger partial charge in [-0.3, -0.25) is 0 Å². The molecule has 0 fully saturated rings. The molecule has 0 saturated carbocycles. The fourth-order valence-electron chi connectivity index (χ4n) is 3.39. The summed E-state index contributed by atoms with van der Waals surface area (Å²) < 4.78 is 2.14. The van der Waals surface area contributed by atoms with Crippen molar-refractivity contribution in [3.63, 3.8) is 0 Å². The predicted molar refractivity (Wildman–Crippen MR) is 118 cm³/mol. The van der Waals surface area contributed by atoms with E-state index in [1.807, 2.05) is 54.9 Å². The lowest BCUT2D eigenvalue weighted by Crippen LogP contribution is -1.99. The number of hydrogen-bond acceptors (Lipinski definition) is 5. The van der Waals surface area contributed by atoms with Crippen LogP contribution in [0.25, 0.3) is 22.3 Å². The number of fused-ring (bicyclic) bond motifs is 1. The van der Waals surface area contributed by atoms with Crippen molar-refractivity contribution in [2.75, 3.05) is 5.32 Å². The van der Waals surface area contributed by atoms with Crippen LogP contribution in [-0.2, 0) is 6.54 Å². The molecule has 30 heavy (non-hydrogen) atoms. The van der Waals surface area contributed by atoms with Gasteiger partial charge in [-0.25, -0.2) is 15.0 Å². The number of phenolic OH excluding ortho intramolecular Hbond substituents is 1. The van der Waals surface area contributed by atoms with Gasteiger partial charge in [-0.1, -0.05) is 24.3 Å². The van der Waals surface area contributed by atoms with Crippen LogP contribution in [0.5, 0.6) is 5.75 Å². The number of anilines is 2. The number of benzene rings is 3. The Hall–Kier alpha value is -4.19. The summed E-state index contributed by atoms with van der Waals surface area (Å²) in [6.07, 6.45) is 3.41. The summed E-state index contributed by atoms with van der Waals surface area (Å²) in [5, 5.41) is 12.8. The van der Waals surface area contributed by atoms with Crippen LogP contribution >= 0.6 is 0 Å². The first-order valence-corrected chi connectivity index (χ1v) is 9.62. The van der Waals surface area contributed by atoms with E-state index in [-0.39, 0.29) is 5.75 Å². The summed E-state index contributed by atoms with van der Waals surface area (Å²) in [4.78, 5) is 13.1. The maximum absolute atomic E-state index is 9.46. The van der Waals surface area contributed by atoms with E-state index in [4.69, 9.17) is 0 Å². The SMILES string of the molecule is Oc1ccc(-c2cc(Nc3ccc(Cn4cnc5ccccc54)cc3)ncn2)cc1. The number of nitrogens with one attached hydrogen (secondary N) is 1. The second kappa shape index (κ2) is 7.67. The molecule has 146 valence electrons. The van der Waals surface area contributed by atoms with Crippen molar-refractivity contribution in [3.8, 4) is 17.0 Å². The monoisotopic (exact) mass is 393 g/mol. The lowest BCUT2D eigenvalue weighted by atomic mass is 10.1. The molecule has 6 nitrogen and oxygen atoms in total. The van der Waals surface area contributed by atoms with Crippen LogP contribution in [-0.4, -0.2) is 24.6 Å². The van der Waals surface area contributed by atoms with Gasteiger partial charge in [-0.15, -0.1) is 0 Å². The van der Waals surface area contributed by atoms with Crippen molar-refractivity contribution >= 4 is 22.5 Å². The number of aromatic hydroxyl groups is 1. The highest BCUT2D eigenvalue weighted by Gasteiger charge is 2.05. The summed E-state index contributed by atoms with van der Waals surface area (Å²) in [6, 6.07) is 25.2. The van der Waals surface area contributed by atoms with Crippen LogP contribution in [0.2, 0.25) is 0 Å². The summed E-state index contributed by atoms with van der Waals surface area (Å²) in [5.74, 6) is 0.941. The highest BCUT2D eigenvalue weighted by atomic mass is 16.3. The molecular weight excluding hydrogens is 374 g/mol. The van der Waals surface area contributed by atoms with Gasteiger partial charge < -0.3 is 15.0 Å². The number of para-hydroxylation sites is 2. The quantitative estimate of drug-likeness (QED) is 0.440. The largest absolute Gasteiger partial charge is 0.508 e. The molecule has 0 atom stereocenters. The Morgan fingerprint density at radius 3 is 2.47 bits per heavy atom. The Morgan fingerprint density at radius 1 is 0.833 bits per heavy atom.